The first-order valence-corrected chi connectivity index (χ1v) is 6.31. The second-order valence-electron chi connectivity index (χ2n) is 4.49. The largest absolute Gasteiger partial charge is 0.416 e. The van der Waals surface area contributed by atoms with E-state index in [-0.39, 0.29) is 11.1 Å². The second-order valence-corrected chi connectivity index (χ2v) is 4.49. The lowest BCUT2D eigenvalue weighted by molar-refractivity contribution is -0.137. The van der Waals surface area contributed by atoms with Crippen LogP contribution in [0.2, 0.25) is 0 Å². The maximum atomic E-state index is 12.7. The highest BCUT2D eigenvalue weighted by molar-refractivity contribution is 5.99. The van der Waals surface area contributed by atoms with Crippen molar-refractivity contribution in [2.24, 2.45) is 0 Å². The molecule has 23 heavy (non-hydrogen) atoms. The molecule has 0 aliphatic heterocycles. The fourth-order valence-electron chi connectivity index (χ4n) is 1.70. The first-order chi connectivity index (χ1) is 10.8. The molecule has 0 aliphatic rings. The van der Waals surface area contributed by atoms with Crippen LogP contribution in [-0.4, -0.2) is 11.8 Å². The van der Waals surface area contributed by atoms with Crippen LogP contribution in [0.1, 0.15) is 26.3 Å². The molecule has 0 saturated heterocycles. The quantitative estimate of drug-likeness (QED) is 0.658. The number of carbonyl (C=O) groups excluding carboxylic acids is 2. The minimum absolute atomic E-state index is 0.0794. The number of rotatable bonds is 2. The van der Waals surface area contributed by atoms with E-state index in [9.17, 15) is 27.2 Å². The van der Waals surface area contributed by atoms with Crippen LogP contribution in [-0.2, 0) is 6.18 Å². The summed E-state index contributed by atoms with van der Waals surface area (Å²) in [4.78, 5) is 23.5. The lowest BCUT2D eigenvalue weighted by Gasteiger charge is -2.10. The van der Waals surface area contributed by atoms with Crippen molar-refractivity contribution in [1.29, 1.82) is 0 Å². The zero-order valence-electron chi connectivity index (χ0n) is 11.4. The van der Waals surface area contributed by atoms with Crippen molar-refractivity contribution in [1.82, 2.24) is 10.9 Å². The topological polar surface area (TPSA) is 58.2 Å². The van der Waals surface area contributed by atoms with Gasteiger partial charge in [0.1, 0.15) is 5.82 Å². The van der Waals surface area contributed by atoms with Crippen molar-refractivity contribution in [3.63, 3.8) is 0 Å². The monoisotopic (exact) mass is 326 g/mol. The van der Waals surface area contributed by atoms with Gasteiger partial charge in [-0.1, -0.05) is 6.07 Å². The summed E-state index contributed by atoms with van der Waals surface area (Å²) in [5.41, 5.74) is 2.86. The molecular weight excluding hydrogens is 316 g/mol. The molecule has 4 nitrogen and oxygen atoms in total. The van der Waals surface area contributed by atoms with Gasteiger partial charge in [0.15, 0.2) is 0 Å². The number of hydrogen-bond donors (Lipinski definition) is 2. The summed E-state index contributed by atoms with van der Waals surface area (Å²) >= 11 is 0. The predicted octanol–water partition coefficient (Wildman–Crippen LogP) is 2.92. The zero-order valence-corrected chi connectivity index (χ0v) is 11.4. The highest BCUT2D eigenvalue weighted by atomic mass is 19.4. The highest BCUT2D eigenvalue weighted by Gasteiger charge is 2.30. The third-order valence-electron chi connectivity index (χ3n) is 2.85. The van der Waals surface area contributed by atoms with E-state index in [2.05, 4.69) is 0 Å². The van der Waals surface area contributed by atoms with Crippen LogP contribution in [0.5, 0.6) is 0 Å². The zero-order chi connectivity index (χ0) is 17.0. The third kappa shape index (κ3) is 4.29. The Morgan fingerprint density at radius 3 is 1.96 bits per heavy atom. The maximum Gasteiger partial charge on any atom is 0.416 e. The number of hydrogen-bond acceptors (Lipinski definition) is 2. The van der Waals surface area contributed by atoms with Gasteiger partial charge in [0.05, 0.1) is 5.56 Å². The van der Waals surface area contributed by atoms with Crippen molar-refractivity contribution in [2.45, 2.75) is 6.18 Å². The van der Waals surface area contributed by atoms with Gasteiger partial charge in [-0.3, -0.25) is 20.4 Å². The van der Waals surface area contributed by atoms with E-state index in [4.69, 9.17) is 0 Å². The molecular formula is C15H10F4N2O2. The second kappa shape index (κ2) is 6.47. The third-order valence-corrected chi connectivity index (χ3v) is 2.85. The maximum absolute atomic E-state index is 12.7. The number of nitrogens with one attached hydrogen (secondary N) is 2. The van der Waals surface area contributed by atoms with Crippen LogP contribution in [0.3, 0.4) is 0 Å². The molecule has 2 N–H and O–H groups in total. The fraction of sp³-hybridized carbons (Fsp3) is 0.0667. The lowest BCUT2D eigenvalue weighted by atomic mass is 10.1. The number of amides is 2. The Labute approximate surface area is 128 Å². The summed E-state index contributed by atoms with van der Waals surface area (Å²) in [6, 6.07) is 8.26. The van der Waals surface area contributed by atoms with Crippen LogP contribution in [0.25, 0.3) is 0 Å². The minimum Gasteiger partial charge on any atom is -0.267 e. The summed E-state index contributed by atoms with van der Waals surface area (Å²) in [6.45, 7) is 0. The van der Waals surface area contributed by atoms with Crippen molar-refractivity contribution in [2.75, 3.05) is 0 Å². The molecule has 0 radical (unpaired) electrons. The first-order valence-electron chi connectivity index (χ1n) is 6.31. The van der Waals surface area contributed by atoms with Crippen LogP contribution in [0.4, 0.5) is 17.6 Å². The van der Waals surface area contributed by atoms with Crippen molar-refractivity contribution >= 4 is 11.8 Å². The van der Waals surface area contributed by atoms with Gasteiger partial charge < -0.3 is 0 Å². The van der Waals surface area contributed by atoms with E-state index in [1.54, 1.807) is 0 Å². The molecule has 0 unspecified atom stereocenters. The molecule has 2 amide bonds. The molecule has 0 aromatic heterocycles. The normalized spacial score (nSPS) is 11.0. The van der Waals surface area contributed by atoms with Crippen LogP contribution in [0, 0.1) is 5.82 Å². The molecule has 0 atom stereocenters. The molecule has 0 saturated carbocycles. The number of halogens is 4. The van der Waals surface area contributed by atoms with Crippen molar-refractivity contribution in [3.05, 3.63) is 71.0 Å². The van der Waals surface area contributed by atoms with Gasteiger partial charge in [-0.05, 0) is 42.5 Å². The molecule has 8 heteroatoms. The van der Waals surface area contributed by atoms with E-state index >= 15 is 0 Å². The van der Waals surface area contributed by atoms with Crippen LogP contribution in [0.15, 0.2) is 48.5 Å². The van der Waals surface area contributed by atoms with Gasteiger partial charge in [0.25, 0.3) is 11.8 Å². The van der Waals surface area contributed by atoms with E-state index in [1.807, 2.05) is 10.9 Å². The van der Waals surface area contributed by atoms with Gasteiger partial charge in [-0.25, -0.2) is 4.39 Å². The average Bonchev–Trinajstić information content (AvgIpc) is 2.52. The lowest BCUT2D eigenvalue weighted by Crippen LogP contribution is -2.41. The summed E-state index contributed by atoms with van der Waals surface area (Å²) in [6.07, 6.45) is -4.58. The van der Waals surface area contributed by atoms with Crippen LogP contribution < -0.4 is 10.9 Å². The summed E-state index contributed by atoms with van der Waals surface area (Å²) in [7, 11) is 0. The Bertz CT molecular complexity index is 727. The smallest absolute Gasteiger partial charge is 0.267 e. The number of hydrazine groups is 1. The van der Waals surface area contributed by atoms with Gasteiger partial charge in [-0.2, -0.15) is 13.2 Å². The van der Waals surface area contributed by atoms with E-state index < -0.39 is 29.4 Å². The van der Waals surface area contributed by atoms with Gasteiger partial charge in [0, 0.05) is 11.1 Å². The van der Waals surface area contributed by atoms with E-state index in [0.29, 0.717) is 6.07 Å². The molecule has 0 aliphatic carbocycles. The van der Waals surface area contributed by atoms with E-state index in [0.717, 1.165) is 24.3 Å². The SMILES string of the molecule is O=C(NNC(=O)c1cccc(C(F)(F)F)c1)c1ccc(F)cc1. The van der Waals surface area contributed by atoms with E-state index in [1.165, 1.54) is 18.2 Å². The molecule has 2 aromatic rings. The Morgan fingerprint density at radius 1 is 0.826 bits per heavy atom. The van der Waals surface area contributed by atoms with Gasteiger partial charge >= 0.3 is 6.18 Å². The molecule has 120 valence electrons. The Hall–Kier alpha value is -2.90. The Kier molecular flexibility index (Phi) is 4.63. The highest BCUT2D eigenvalue weighted by Crippen LogP contribution is 2.29. The Morgan fingerprint density at radius 2 is 1.39 bits per heavy atom. The summed E-state index contributed by atoms with van der Waals surface area (Å²) in [5.74, 6) is -2.17. The fourth-order valence-corrected chi connectivity index (χ4v) is 1.70. The first kappa shape index (κ1) is 16.5. The number of carbonyl (C=O) groups is 2. The number of alkyl halides is 3. The van der Waals surface area contributed by atoms with Crippen molar-refractivity contribution in [3.8, 4) is 0 Å². The average molecular weight is 326 g/mol. The molecule has 2 rings (SSSR count). The standard InChI is InChI=1S/C15H10F4N2O2/c16-12-6-4-9(5-7-12)13(22)20-21-14(23)10-2-1-3-11(8-10)15(17,18)19/h1-8H,(H,20,22)(H,21,23). The molecule has 0 heterocycles. The molecule has 0 bridgehead atoms. The summed E-state index contributed by atoms with van der Waals surface area (Å²) in [5, 5.41) is 0. The Balaban J connectivity index is 2.02. The molecule has 0 spiro atoms. The van der Waals surface area contributed by atoms with Gasteiger partial charge in [-0.15, -0.1) is 0 Å². The van der Waals surface area contributed by atoms with Crippen molar-refractivity contribution < 1.29 is 27.2 Å². The molecule has 2 aromatic carbocycles. The molecule has 0 fully saturated rings. The minimum atomic E-state index is -4.58. The predicted molar refractivity (Wildman–Crippen MR) is 72.8 cm³/mol. The number of benzene rings is 2. The van der Waals surface area contributed by atoms with Crippen LogP contribution >= 0.6 is 0 Å². The summed E-state index contributed by atoms with van der Waals surface area (Å²) < 4.78 is 50.4. The van der Waals surface area contributed by atoms with Gasteiger partial charge in [0.2, 0.25) is 0 Å².